The Bertz CT molecular complexity index is 828. The molecule has 3 rings (SSSR count). The molecule has 0 aromatic heterocycles. The minimum atomic E-state index is -0.407. The second kappa shape index (κ2) is 8.18. The molecule has 7 heteroatoms. The third-order valence-corrected chi connectivity index (χ3v) is 5.09. The number of halogens is 3. The molecule has 1 heterocycles. The molecule has 1 aliphatic rings. The first kappa shape index (κ1) is 18.9. The van der Waals surface area contributed by atoms with Gasteiger partial charge in [0.1, 0.15) is 11.6 Å². The highest BCUT2D eigenvalue weighted by Gasteiger charge is 2.30. The van der Waals surface area contributed by atoms with E-state index in [1.54, 1.807) is 23.1 Å². The molecule has 0 aliphatic carbocycles. The van der Waals surface area contributed by atoms with Crippen molar-refractivity contribution in [3.63, 3.8) is 0 Å². The van der Waals surface area contributed by atoms with E-state index in [2.05, 4.69) is 15.9 Å². The first-order chi connectivity index (χ1) is 12.4. The van der Waals surface area contributed by atoms with Crippen molar-refractivity contribution in [3.05, 3.63) is 63.3 Å². The number of benzene rings is 2. The Morgan fingerprint density at radius 3 is 2.62 bits per heavy atom. The molecule has 1 atom stereocenters. The van der Waals surface area contributed by atoms with Gasteiger partial charge in [-0.05, 0) is 71.2 Å². The van der Waals surface area contributed by atoms with Crippen molar-refractivity contribution in [2.45, 2.75) is 12.8 Å². The predicted octanol–water partition coefficient (Wildman–Crippen LogP) is 4.70. The summed E-state index contributed by atoms with van der Waals surface area (Å²) < 4.78 is 19.1. The van der Waals surface area contributed by atoms with Crippen molar-refractivity contribution in [1.29, 1.82) is 0 Å². The van der Waals surface area contributed by atoms with Crippen molar-refractivity contribution in [2.75, 3.05) is 13.1 Å². The van der Waals surface area contributed by atoms with Gasteiger partial charge in [-0.2, -0.15) is 0 Å². The first-order valence-electron chi connectivity index (χ1n) is 8.15. The zero-order valence-corrected chi connectivity index (χ0v) is 16.1. The number of esters is 1. The highest BCUT2D eigenvalue weighted by Crippen LogP contribution is 2.29. The summed E-state index contributed by atoms with van der Waals surface area (Å²) in [6.45, 7) is 0.838. The van der Waals surface area contributed by atoms with E-state index in [9.17, 15) is 14.0 Å². The molecule has 1 aliphatic heterocycles. The maximum Gasteiger partial charge on any atom is 0.316 e. The molecule has 2 aromatic carbocycles. The van der Waals surface area contributed by atoms with Crippen molar-refractivity contribution >= 4 is 39.4 Å². The van der Waals surface area contributed by atoms with Crippen molar-refractivity contribution in [2.24, 2.45) is 5.92 Å². The van der Waals surface area contributed by atoms with Crippen molar-refractivity contribution < 1.29 is 18.7 Å². The van der Waals surface area contributed by atoms with Gasteiger partial charge in [0, 0.05) is 23.7 Å². The lowest BCUT2D eigenvalue weighted by Crippen LogP contribution is -2.43. The van der Waals surface area contributed by atoms with Crippen LogP contribution < -0.4 is 4.74 Å². The van der Waals surface area contributed by atoms with Gasteiger partial charge in [-0.25, -0.2) is 4.39 Å². The SMILES string of the molecule is O=C(Oc1ccc(Cl)cc1Br)C1CCCN(C(=O)c2ccc(F)cc2)C1. The third kappa shape index (κ3) is 4.43. The molecule has 1 saturated heterocycles. The van der Waals surface area contributed by atoms with Crippen LogP contribution in [0.5, 0.6) is 5.75 Å². The van der Waals surface area contributed by atoms with Crippen LogP contribution in [0.15, 0.2) is 46.9 Å². The van der Waals surface area contributed by atoms with Gasteiger partial charge in [-0.15, -0.1) is 0 Å². The number of carbonyl (C=O) groups is 2. The number of likely N-dealkylation sites (tertiary alicyclic amines) is 1. The summed E-state index contributed by atoms with van der Waals surface area (Å²) >= 11 is 9.20. The van der Waals surface area contributed by atoms with E-state index < -0.39 is 11.7 Å². The molecule has 2 aromatic rings. The van der Waals surface area contributed by atoms with Crippen LogP contribution in [0, 0.1) is 11.7 Å². The number of rotatable bonds is 3. The second-order valence-electron chi connectivity index (χ2n) is 6.09. The fourth-order valence-electron chi connectivity index (χ4n) is 2.88. The number of carbonyl (C=O) groups excluding carboxylic acids is 2. The average molecular weight is 441 g/mol. The van der Waals surface area contributed by atoms with E-state index in [0.29, 0.717) is 40.2 Å². The fourth-order valence-corrected chi connectivity index (χ4v) is 3.64. The van der Waals surface area contributed by atoms with E-state index in [0.717, 1.165) is 0 Å². The maximum atomic E-state index is 13.0. The van der Waals surface area contributed by atoms with Gasteiger partial charge in [-0.3, -0.25) is 9.59 Å². The van der Waals surface area contributed by atoms with Gasteiger partial charge >= 0.3 is 5.97 Å². The molecule has 4 nitrogen and oxygen atoms in total. The lowest BCUT2D eigenvalue weighted by molar-refractivity contribution is -0.140. The summed E-state index contributed by atoms with van der Waals surface area (Å²) in [7, 11) is 0. The summed E-state index contributed by atoms with van der Waals surface area (Å²) in [5.41, 5.74) is 0.404. The lowest BCUT2D eigenvalue weighted by Gasteiger charge is -2.31. The minimum Gasteiger partial charge on any atom is -0.425 e. The van der Waals surface area contributed by atoms with Crippen LogP contribution in [0.25, 0.3) is 0 Å². The molecule has 136 valence electrons. The molecular weight excluding hydrogens is 425 g/mol. The molecule has 0 saturated carbocycles. The smallest absolute Gasteiger partial charge is 0.316 e. The Morgan fingerprint density at radius 2 is 1.92 bits per heavy atom. The van der Waals surface area contributed by atoms with E-state index in [4.69, 9.17) is 16.3 Å². The molecular formula is C19H16BrClFNO3. The number of ether oxygens (including phenoxy) is 1. The van der Waals surface area contributed by atoms with E-state index in [1.165, 1.54) is 24.3 Å². The number of hydrogen-bond acceptors (Lipinski definition) is 3. The summed E-state index contributed by atoms with van der Waals surface area (Å²) in [4.78, 5) is 26.7. The normalized spacial score (nSPS) is 17.0. The maximum absolute atomic E-state index is 13.0. The minimum absolute atomic E-state index is 0.213. The molecule has 26 heavy (non-hydrogen) atoms. The van der Waals surface area contributed by atoms with Gasteiger partial charge in [-0.1, -0.05) is 11.6 Å². The zero-order valence-electron chi connectivity index (χ0n) is 13.8. The van der Waals surface area contributed by atoms with Crippen LogP contribution in [0.4, 0.5) is 4.39 Å². The Morgan fingerprint density at radius 1 is 1.19 bits per heavy atom. The highest BCUT2D eigenvalue weighted by atomic mass is 79.9. The van der Waals surface area contributed by atoms with Crippen LogP contribution >= 0.6 is 27.5 Å². The Balaban J connectivity index is 1.66. The Hall–Kier alpha value is -1.92. The van der Waals surface area contributed by atoms with Gasteiger partial charge < -0.3 is 9.64 Å². The van der Waals surface area contributed by atoms with Crippen LogP contribution in [0.2, 0.25) is 5.02 Å². The van der Waals surface area contributed by atoms with Gasteiger partial charge in [0.15, 0.2) is 0 Å². The number of amides is 1. The van der Waals surface area contributed by atoms with Gasteiger partial charge in [0.05, 0.1) is 10.4 Å². The molecule has 0 spiro atoms. The fraction of sp³-hybridized carbons (Fsp3) is 0.263. The molecule has 1 unspecified atom stereocenters. The molecule has 1 amide bonds. The standard InChI is InChI=1S/C19H16BrClFNO3/c20-16-10-14(21)5-8-17(16)26-19(25)13-2-1-9-23(11-13)18(24)12-3-6-15(22)7-4-12/h3-8,10,13H,1-2,9,11H2. The van der Waals surface area contributed by atoms with Gasteiger partial charge in [0.2, 0.25) is 0 Å². The second-order valence-corrected chi connectivity index (χ2v) is 7.38. The molecule has 0 bridgehead atoms. The summed E-state index contributed by atoms with van der Waals surface area (Å²) in [6.07, 6.45) is 1.35. The number of piperidine rings is 1. The van der Waals surface area contributed by atoms with E-state index in [-0.39, 0.29) is 18.4 Å². The number of hydrogen-bond donors (Lipinski definition) is 0. The van der Waals surface area contributed by atoms with Gasteiger partial charge in [0.25, 0.3) is 5.91 Å². The summed E-state index contributed by atoms with van der Waals surface area (Å²) in [5, 5.41) is 0.533. The predicted molar refractivity (Wildman–Crippen MR) is 99.8 cm³/mol. The molecule has 0 radical (unpaired) electrons. The first-order valence-corrected chi connectivity index (χ1v) is 9.33. The lowest BCUT2D eigenvalue weighted by atomic mass is 9.97. The monoisotopic (exact) mass is 439 g/mol. The Labute approximate surface area is 164 Å². The third-order valence-electron chi connectivity index (χ3n) is 4.24. The molecule has 1 fully saturated rings. The van der Waals surface area contributed by atoms with E-state index in [1.807, 2.05) is 0 Å². The summed E-state index contributed by atoms with van der Waals surface area (Å²) in [6, 6.07) is 10.3. The van der Waals surface area contributed by atoms with Crippen LogP contribution in [-0.4, -0.2) is 29.9 Å². The summed E-state index contributed by atoms with van der Waals surface area (Å²) in [5.74, 6) is -1.01. The Kier molecular flexibility index (Phi) is 5.94. The molecule has 0 N–H and O–H groups in total. The quantitative estimate of drug-likeness (QED) is 0.513. The van der Waals surface area contributed by atoms with E-state index >= 15 is 0 Å². The largest absolute Gasteiger partial charge is 0.425 e. The van der Waals surface area contributed by atoms with Crippen molar-refractivity contribution in [3.8, 4) is 5.75 Å². The average Bonchev–Trinajstić information content (AvgIpc) is 2.64. The van der Waals surface area contributed by atoms with Crippen LogP contribution in [0.1, 0.15) is 23.2 Å². The van der Waals surface area contributed by atoms with Crippen LogP contribution in [0.3, 0.4) is 0 Å². The zero-order chi connectivity index (χ0) is 18.7. The highest BCUT2D eigenvalue weighted by molar-refractivity contribution is 9.10. The topological polar surface area (TPSA) is 46.6 Å². The number of nitrogens with zero attached hydrogens (tertiary/aromatic N) is 1. The van der Waals surface area contributed by atoms with Crippen LogP contribution in [-0.2, 0) is 4.79 Å². The van der Waals surface area contributed by atoms with Crippen molar-refractivity contribution in [1.82, 2.24) is 4.90 Å².